The number of aryl methyl sites for hydroxylation is 3. The van der Waals surface area contributed by atoms with Crippen LogP contribution in [0.4, 0.5) is 0 Å². The van der Waals surface area contributed by atoms with Gasteiger partial charge in [-0.3, -0.25) is 9.48 Å². The molecule has 21 heavy (non-hydrogen) atoms. The fourth-order valence-electron chi connectivity index (χ4n) is 3.21. The van der Waals surface area contributed by atoms with Crippen molar-refractivity contribution in [2.24, 2.45) is 13.0 Å². The van der Waals surface area contributed by atoms with Gasteiger partial charge in [0.2, 0.25) is 5.91 Å². The first-order valence-corrected chi connectivity index (χ1v) is 7.99. The number of aliphatic hydroxyl groups excluding tert-OH is 1. The van der Waals surface area contributed by atoms with E-state index in [-0.39, 0.29) is 24.5 Å². The molecule has 1 amide bonds. The van der Waals surface area contributed by atoms with Gasteiger partial charge in [-0.2, -0.15) is 5.10 Å². The van der Waals surface area contributed by atoms with Gasteiger partial charge in [-0.15, -0.1) is 0 Å². The summed E-state index contributed by atoms with van der Waals surface area (Å²) in [6, 6.07) is 0.139. The van der Waals surface area contributed by atoms with Crippen LogP contribution in [0.1, 0.15) is 49.8 Å². The summed E-state index contributed by atoms with van der Waals surface area (Å²) in [5, 5.41) is 16.9. The molecule has 1 aromatic heterocycles. The number of carbonyl (C=O) groups excluding carboxylic acids is 1. The van der Waals surface area contributed by atoms with Crippen molar-refractivity contribution in [2.75, 3.05) is 6.61 Å². The minimum Gasteiger partial charge on any atom is -0.396 e. The van der Waals surface area contributed by atoms with E-state index in [2.05, 4.69) is 10.4 Å². The minimum atomic E-state index is 0.0867. The number of rotatable bonds is 5. The summed E-state index contributed by atoms with van der Waals surface area (Å²) < 4.78 is 1.79. The van der Waals surface area contributed by atoms with Gasteiger partial charge in [-0.05, 0) is 31.7 Å². The second kappa shape index (κ2) is 7.59. The van der Waals surface area contributed by atoms with Gasteiger partial charge in [0, 0.05) is 38.2 Å². The minimum absolute atomic E-state index is 0.0867. The Morgan fingerprint density at radius 2 is 2.19 bits per heavy atom. The summed E-state index contributed by atoms with van der Waals surface area (Å²) >= 11 is 0. The lowest BCUT2D eigenvalue weighted by Gasteiger charge is -2.24. The van der Waals surface area contributed by atoms with E-state index >= 15 is 0 Å². The molecule has 0 aliphatic heterocycles. The first-order valence-electron chi connectivity index (χ1n) is 7.99. The molecule has 0 bridgehead atoms. The number of amides is 1. The molecule has 0 spiro atoms. The number of hydrogen-bond donors (Lipinski definition) is 2. The van der Waals surface area contributed by atoms with Crippen molar-refractivity contribution >= 4 is 5.91 Å². The monoisotopic (exact) mass is 293 g/mol. The van der Waals surface area contributed by atoms with Crippen LogP contribution >= 0.6 is 0 Å². The molecule has 1 fully saturated rings. The zero-order valence-electron chi connectivity index (χ0n) is 13.1. The first kappa shape index (κ1) is 16.0. The summed E-state index contributed by atoms with van der Waals surface area (Å²) in [4.78, 5) is 12.2. The lowest BCUT2D eigenvalue weighted by atomic mass is 9.95. The molecule has 1 aliphatic rings. The van der Waals surface area contributed by atoms with Gasteiger partial charge in [-0.25, -0.2) is 0 Å². The molecule has 1 heterocycles. The molecule has 118 valence electrons. The van der Waals surface area contributed by atoms with Gasteiger partial charge in [0.05, 0.1) is 5.69 Å². The third-order valence-electron chi connectivity index (χ3n) is 4.48. The SMILES string of the molecule is Cc1nn(C)cc1CCC(=O)NC1CCCCCC1CO. The zero-order chi connectivity index (χ0) is 15.2. The van der Waals surface area contributed by atoms with Crippen LogP contribution in [0.3, 0.4) is 0 Å². The van der Waals surface area contributed by atoms with Crippen LogP contribution in [-0.2, 0) is 18.3 Å². The quantitative estimate of drug-likeness (QED) is 0.812. The lowest BCUT2D eigenvalue weighted by molar-refractivity contribution is -0.122. The summed E-state index contributed by atoms with van der Waals surface area (Å²) in [5.74, 6) is 0.306. The third kappa shape index (κ3) is 4.56. The summed E-state index contributed by atoms with van der Waals surface area (Å²) in [6.07, 6.45) is 8.70. The first-order chi connectivity index (χ1) is 10.1. The van der Waals surface area contributed by atoms with Gasteiger partial charge >= 0.3 is 0 Å². The van der Waals surface area contributed by atoms with Crippen molar-refractivity contribution in [3.8, 4) is 0 Å². The van der Waals surface area contributed by atoms with Crippen molar-refractivity contribution in [3.05, 3.63) is 17.5 Å². The maximum atomic E-state index is 12.2. The van der Waals surface area contributed by atoms with Gasteiger partial charge in [0.1, 0.15) is 0 Å². The van der Waals surface area contributed by atoms with Gasteiger partial charge in [0.15, 0.2) is 0 Å². The number of carbonyl (C=O) groups is 1. The van der Waals surface area contributed by atoms with Crippen molar-refractivity contribution in [3.63, 3.8) is 0 Å². The largest absolute Gasteiger partial charge is 0.396 e. The second-order valence-corrected chi connectivity index (χ2v) is 6.17. The molecule has 0 saturated heterocycles. The van der Waals surface area contributed by atoms with Crippen LogP contribution < -0.4 is 5.32 Å². The lowest BCUT2D eigenvalue weighted by Crippen LogP contribution is -2.41. The number of aliphatic hydroxyl groups is 1. The Balaban J connectivity index is 1.84. The topological polar surface area (TPSA) is 67.2 Å². The Morgan fingerprint density at radius 1 is 1.43 bits per heavy atom. The highest BCUT2D eigenvalue weighted by atomic mass is 16.3. The van der Waals surface area contributed by atoms with E-state index in [0.29, 0.717) is 6.42 Å². The van der Waals surface area contributed by atoms with E-state index in [1.807, 2.05) is 20.2 Å². The molecular formula is C16H27N3O2. The number of nitrogens with one attached hydrogen (secondary N) is 1. The van der Waals surface area contributed by atoms with Crippen molar-refractivity contribution in [1.29, 1.82) is 0 Å². The summed E-state index contributed by atoms with van der Waals surface area (Å²) in [7, 11) is 1.90. The normalized spacial score (nSPS) is 22.8. The Kier molecular flexibility index (Phi) is 5.79. The molecule has 2 atom stereocenters. The van der Waals surface area contributed by atoms with E-state index in [4.69, 9.17) is 0 Å². The molecule has 5 nitrogen and oxygen atoms in total. The average Bonchev–Trinajstić information content (AvgIpc) is 2.64. The van der Waals surface area contributed by atoms with Crippen LogP contribution in [0.2, 0.25) is 0 Å². The van der Waals surface area contributed by atoms with Crippen LogP contribution in [0, 0.1) is 12.8 Å². The Labute approximate surface area is 126 Å². The third-order valence-corrected chi connectivity index (χ3v) is 4.48. The van der Waals surface area contributed by atoms with Crippen molar-refractivity contribution in [1.82, 2.24) is 15.1 Å². The van der Waals surface area contributed by atoms with Crippen LogP contribution in [-0.4, -0.2) is 33.4 Å². The standard InChI is InChI=1S/C16H27N3O2/c1-12-13(10-19(2)18-12)8-9-16(21)17-15-7-5-3-4-6-14(15)11-20/h10,14-15,20H,3-9,11H2,1-2H3,(H,17,21). The molecule has 2 N–H and O–H groups in total. The highest BCUT2D eigenvalue weighted by molar-refractivity contribution is 5.76. The van der Waals surface area contributed by atoms with Gasteiger partial charge in [0.25, 0.3) is 0 Å². The van der Waals surface area contributed by atoms with E-state index in [1.54, 1.807) is 4.68 Å². The van der Waals surface area contributed by atoms with Crippen LogP contribution in [0.5, 0.6) is 0 Å². The summed E-state index contributed by atoms with van der Waals surface area (Å²) in [5.41, 5.74) is 2.13. The fraction of sp³-hybridized carbons (Fsp3) is 0.750. The maximum absolute atomic E-state index is 12.2. The smallest absolute Gasteiger partial charge is 0.220 e. The van der Waals surface area contributed by atoms with Crippen molar-refractivity contribution < 1.29 is 9.90 Å². The van der Waals surface area contributed by atoms with Gasteiger partial charge in [-0.1, -0.05) is 19.3 Å². The van der Waals surface area contributed by atoms with E-state index in [1.165, 1.54) is 6.42 Å². The average molecular weight is 293 g/mol. The molecule has 5 heteroatoms. The molecule has 1 aromatic rings. The van der Waals surface area contributed by atoms with Gasteiger partial charge < -0.3 is 10.4 Å². The van der Waals surface area contributed by atoms with Crippen LogP contribution in [0.25, 0.3) is 0 Å². The Bertz CT molecular complexity index is 470. The van der Waals surface area contributed by atoms with E-state index in [0.717, 1.165) is 43.4 Å². The zero-order valence-corrected chi connectivity index (χ0v) is 13.1. The summed E-state index contributed by atoms with van der Waals surface area (Å²) in [6.45, 7) is 2.15. The maximum Gasteiger partial charge on any atom is 0.220 e. The Hall–Kier alpha value is -1.36. The molecular weight excluding hydrogens is 266 g/mol. The highest BCUT2D eigenvalue weighted by Crippen LogP contribution is 2.23. The molecule has 1 aliphatic carbocycles. The highest BCUT2D eigenvalue weighted by Gasteiger charge is 2.24. The predicted octanol–water partition coefficient (Wildman–Crippen LogP) is 1.72. The molecule has 0 aromatic carbocycles. The molecule has 2 unspecified atom stereocenters. The van der Waals surface area contributed by atoms with Crippen molar-refractivity contribution in [2.45, 2.75) is 57.9 Å². The van der Waals surface area contributed by atoms with E-state index in [9.17, 15) is 9.90 Å². The predicted molar refractivity (Wildman–Crippen MR) is 81.9 cm³/mol. The van der Waals surface area contributed by atoms with E-state index < -0.39 is 0 Å². The molecule has 1 saturated carbocycles. The molecule has 0 radical (unpaired) electrons. The fourth-order valence-corrected chi connectivity index (χ4v) is 3.21. The second-order valence-electron chi connectivity index (χ2n) is 6.17. The number of nitrogens with zero attached hydrogens (tertiary/aromatic N) is 2. The molecule has 2 rings (SSSR count). The Morgan fingerprint density at radius 3 is 2.86 bits per heavy atom. The number of hydrogen-bond acceptors (Lipinski definition) is 3. The van der Waals surface area contributed by atoms with Crippen LogP contribution in [0.15, 0.2) is 6.20 Å². The number of aromatic nitrogens is 2.